The van der Waals surface area contributed by atoms with Crippen molar-refractivity contribution in [1.82, 2.24) is 0 Å². The number of aliphatic hydroxyl groups is 5. The Morgan fingerprint density at radius 3 is 1.81 bits per heavy atom. The van der Waals surface area contributed by atoms with Gasteiger partial charge in [-0.1, -0.05) is 129 Å². The fraction of sp³-hybridized carbons (Fsp3) is 0.900. The Bertz CT molecular complexity index is 1120. The summed E-state index contributed by atoms with van der Waals surface area (Å²) in [4.78, 5) is 26.9. The third-order valence-corrected chi connectivity index (χ3v) is 10.9. The lowest BCUT2D eigenvalue weighted by molar-refractivity contribution is -0.435. The van der Waals surface area contributed by atoms with E-state index in [9.17, 15) is 35.1 Å². The maximum Gasteiger partial charge on any atom is 0.333 e. The molecule has 16 nitrogen and oxygen atoms in total. The van der Waals surface area contributed by atoms with Crippen molar-refractivity contribution in [3.8, 4) is 0 Å². The Hall–Kier alpha value is -1.45. The van der Waals surface area contributed by atoms with Crippen LogP contribution in [0.15, 0.2) is 11.6 Å². The van der Waals surface area contributed by atoms with Crippen molar-refractivity contribution in [2.45, 2.75) is 205 Å². The zero-order valence-electron chi connectivity index (χ0n) is 34.6. The fourth-order valence-electron chi connectivity index (χ4n) is 7.41. The lowest BCUT2D eigenvalue weighted by atomic mass is 9.92. The molecule has 12 atom stereocenters. The molecule has 2 fully saturated rings. The van der Waals surface area contributed by atoms with Gasteiger partial charge in [0.1, 0.15) is 30.5 Å². The van der Waals surface area contributed by atoms with E-state index in [1.807, 2.05) is 6.92 Å². The highest BCUT2D eigenvalue weighted by Gasteiger charge is 2.54. The summed E-state index contributed by atoms with van der Waals surface area (Å²) >= 11 is 0.0547. The molecule has 6 N–H and O–H groups in total. The quantitative estimate of drug-likeness (QED) is 0.0129. The Morgan fingerprint density at radius 1 is 0.719 bits per heavy atom. The molecule has 2 aliphatic rings. The van der Waals surface area contributed by atoms with Crippen molar-refractivity contribution in [2.75, 3.05) is 13.2 Å². The lowest BCUT2D eigenvalue weighted by Gasteiger charge is -2.46. The van der Waals surface area contributed by atoms with Gasteiger partial charge in [0.05, 0.1) is 13.2 Å². The monoisotopic (exact) mass is 840 g/mol. The molecule has 2 saturated heterocycles. The standard InChI is InChI=1S/C40H72O16S/c1-6-8-9-10-11-12-13-14-15-16-17-18-19-21-31(43)51-37-35(52-38(47)28(5)23-27(4)22-26(3)20-7-2)33(45)30(25-42)50-40(37)53-39-36(54-57-56-55-48)34(46)32(44)29(24-41)49-39/h23,26-27,29-30,32-37,39-42,44-46,48H,6-22,24-25H2,1-5H3/b28-23+/t26-,27-,29?,30?,32?,33?,34?,35?,36?,37?,39?,40?/m0/s1. The number of unbranched alkanes of at least 4 members (excludes halogenated alkanes) is 12. The predicted octanol–water partition coefficient (Wildman–Crippen LogP) is 5.60. The summed E-state index contributed by atoms with van der Waals surface area (Å²) < 4.78 is 38.7. The van der Waals surface area contributed by atoms with Gasteiger partial charge in [0, 0.05) is 12.0 Å². The van der Waals surface area contributed by atoms with E-state index in [-0.39, 0.29) is 30.2 Å². The first-order chi connectivity index (χ1) is 27.4. The van der Waals surface area contributed by atoms with Gasteiger partial charge in [-0.05, 0) is 31.6 Å². The average molecular weight is 841 g/mol. The Morgan fingerprint density at radius 2 is 1.26 bits per heavy atom. The normalized spacial score (nSPS) is 29.2. The first-order valence-corrected chi connectivity index (χ1v) is 21.7. The van der Waals surface area contributed by atoms with Crippen LogP contribution in [-0.4, -0.2) is 117 Å². The molecule has 57 heavy (non-hydrogen) atoms. The minimum Gasteiger partial charge on any atom is -0.453 e. The van der Waals surface area contributed by atoms with Crippen LogP contribution in [-0.2, 0) is 46.8 Å². The second-order valence-corrected chi connectivity index (χ2v) is 16.1. The first-order valence-electron chi connectivity index (χ1n) is 21.0. The van der Waals surface area contributed by atoms with Crippen LogP contribution in [0.5, 0.6) is 0 Å². The van der Waals surface area contributed by atoms with Crippen molar-refractivity contribution in [2.24, 2.45) is 11.8 Å². The van der Waals surface area contributed by atoms with Gasteiger partial charge in [-0.2, -0.15) is 0 Å². The molecule has 2 heterocycles. The molecule has 2 aliphatic heterocycles. The fourth-order valence-corrected chi connectivity index (χ4v) is 7.76. The second-order valence-electron chi connectivity index (χ2n) is 15.6. The third-order valence-electron chi connectivity index (χ3n) is 10.5. The van der Waals surface area contributed by atoms with Crippen molar-refractivity contribution >= 4 is 24.3 Å². The van der Waals surface area contributed by atoms with Gasteiger partial charge in [0.25, 0.3) is 0 Å². The number of hydrogen-bond acceptors (Lipinski definition) is 17. The van der Waals surface area contributed by atoms with Gasteiger partial charge in [0.15, 0.2) is 36.9 Å². The molecule has 10 unspecified atom stereocenters. The highest BCUT2D eigenvalue weighted by Crippen LogP contribution is 2.34. The Kier molecular flexibility index (Phi) is 27.0. The number of ether oxygens (including phenoxy) is 5. The third kappa shape index (κ3) is 18.8. The zero-order chi connectivity index (χ0) is 42.2. The van der Waals surface area contributed by atoms with Gasteiger partial charge < -0.3 is 49.2 Å². The number of allylic oxidation sites excluding steroid dienone is 1. The summed E-state index contributed by atoms with van der Waals surface area (Å²) in [6.45, 7) is 8.53. The van der Waals surface area contributed by atoms with Crippen LogP contribution in [0.2, 0.25) is 0 Å². The summed E-state index contributed by atoms with van der Waals surface area (Å²) in [5, 5.41) is 64.7. The van der Waals surface area contributed by atoms with Crippen LogP contribution < -0.4 is 0 Å². The van der Waals surface area contributed by atoms with E-state index in [0.29, 0.717) is 12.3 Å². The maximum atomic E-state index is 13.5. The molecule has 0 spiro atoms. The van der Waals surface area contributed by atoms with Gasteiger partial charge >= 0.3 is 11.9 Å². The van der Waals surface area contributed by atoms with Crippen LogP contribution in [0.25, 0.3) is 0 Å². The minimum atomic E-state index is -1.77. The molecular formula is C40H72O16S. The summed E-state index contributed by atoms with van der Waals surface area (Å²) in [6, 6.07) is 0. The Labute approximate surface area is 343 Å². The highest BCUT2D eigenvalue weighted by atomic mass is 32.2. The summed E-state index contributed by atoms with van der Waals surface area (Å²) in [6.07, 6.45) is 3.16. The van der Waals surface area contributed by atoms with Gasteiger partial charge in [-0.25, -0.2) is 10.1 Å². The molecular weight excluding hydrogens is 768 g/mol. The summed E-state index contributed by atoms with van der Waals surface area (Å²) in [7, 11) is 0. The van der Waals surface area contributed by atoms with E-state index >= 15 is 0 Å². The van der Waals surface area contributed by atoms with Crippen molar-refractivity contribution in [3.63, 3.8) is 0 Å². The summed E-state index contributed by atoms with van der Waals surface area (Å²) in [5.74, 6) is -1.01. The molecule has 0 saturated carbocycles. The number of carbonyl (C=O) groups excluding carboxylic acids is 2. The largest absolute Gasteiger partial charge is 0.453 e. The predicted molar refractivity (Wildman–Crippen MR) is 210 cm³/mol. The van der Waals surface area contributed by atoms with Crippen LogP contribution in [0.3, 0.4) is 0 Å². The molecule has 0 aromatic rings. The number of hydrogen-bond donors (Lipinski definition) is 6. The number of esters is 2. The number of rotatable bonds is 30. The van der Waals surface area contributed by atoms with E-state index in [1.54, 1.807) is 13.0 Å². The smallest absolute Gasteiger partial charge is 0.333 e. The van der Waals surface area contributed by atoms with Crippen molar-refractivity contribution in [1.29, 1.82) is 0 Å². The van der Waals surface area contributed by atoms with E-state index in [1.165, 1.54) is 51.4 Å². The van der Waals surface area contributed by atoms with E-state index in [0.717, 1.165) is 44.9 Å². The molecule has 0 bridgehead atoms. The Balaban J connectivity index is 2.22. The number of aliphatic hydroxyl groups excluding tert-OH is 5. The van der Waals surface area contributed by atoms with Crippen LogP contribution in [0.1, 0.15) is 144 Å². The molecule has 0 aromatic heterocycles. The van der Waals surface area contributed by atoms with Gasteiger partial charge in [0.2, 0.25) is 6.29 Å². The molecule has 2 rings (SSSR count). The molecule has 0 aliphatic carbocycles. The average Bonchev–Trinajstić information content (AvgIpc) is 3.18. The van der Waals surface area contributed by atoms with Crippen LogP contribution in [0.4, 0.5) is 0 Å². The van der Waals surface area contributed by atoms with Crippen LogP contribution >= 0.6 is 12.3 Å². The minimum absolute atomic E-state index is 0.00581. The van der Waals surface area contributed by atoms with Crippen molar-refractivity contribution < 1.29 is 77.6 Å². The molecule has 334 valence electrons. The SMILES string of the molecule is CCCCCCCCCCCCCCCC(=O)OC1C(OC2OC(CO)C(O)C(O)C2OSOOO)OC(CO)C(O)C1OC(=O)/C(C)=C/[C@@H](C)C[C@@H](C)CCC. The summed E-state index contributed by atoms with van der Waals surface area (Å²) in [5.41, 5.74) is 0.259. The zero-order valence-corrected chi connectivity index (χ0v) is 35.4. The first kappa shape index (κ1) is 51.7. The van der Waals surface area contributed by atoms with Gasteiger partial charge in [-0.15, -0.1) is 4.33 Å². The lowest BCUT2D eigenvalue weighted by Crippen LogP contribution is -2.65. The van der Waals surface area contributed by atoms with E-state index in [4.69, 9.17) is 33.1 Å². The molecule has 0 radical (unpaired) electrons. The molecule has 0 amide bonds. The highest BCUT2D eigenvalue weighted by molar-refractivity contribution is 7.89. The molecule has 17 heteroatoms. The maximum absolute atomic E-state index is 13.5. The van der Waals surface area contributed by atoms with Gasteiger partial charge in [-0.3, -0.25) is 8.98 Å². The van der Waals surface area contributed by atoms with E-state index in [2.05, 4.69) is 30.1 Å². The van der Waals surface area contributed by atoms with E-state index < -0.39 is 86.6 Å². The molecule has 0 aromatic carbocycles. The second kappa shape index (κ2) is 29.7. The number of carbonyl (C=O) groups is 2. The van der Waals surface area contributed by atoms with Crippen LogP contribution in [0, 0.1) is 11.8 Å². The topological polar surface area (TPSA) is 229 Å². The van der Waals surface area contributed by atoms with Crippen molar-refractivity contribution in [3.05, 3.63) is 11.6 Å².